The summed E-state index contributed by atoms with van der Waals surface area (Å²) in [4.78, 5) is 16.5. The number of nitrogens with one attached hydrogen (secondary N) is 1. The first-order valence-electron chi connectivity index (χ1n) is 10.2. The molecule has 152 valence electrons. The molecule has 3 aromatic rings. The number of benzene rings is 2. The van der Waals surface area contributed by atoms with Crippen molar-refractivity contribution in [2.24, 2.45) is 5.92 Å². The molecule has 0 aliphatic heterocycles. The highest BCUT2D eigenvalue weighted by molar-refractivity contribution is 5.79. The van der Waals surface area contributed by atoms with Crippen LogP contribution in [-0.4, -0.2) is 29.3 Å². The molecule has 1 amide bonds. The summed E-state index contributed by atoms with van der Waals surface area (Å²) < 4.78 is 13.2. The number of fused-ring (bicyclic) bond motifs is 1. The Balaban J connectivity index is 1.69. The van der Waals surface area contributed by atoms with E-state index in [2.05, 4.69) is 28.9 Å². The molecule has 1 aliphatic rings. The largest absolute Gasteiger partial charge is 0.494 e. The molecule has 1 atom stereocenters. The number of rotatable bonds is 7. The van der Waals surface area contributed by atoms with Crippen molar-refractivity contribution in [2.45, 2.75) is 39.2 Å². The summed E-state index contributed by atoms with van der Waals surface area (Å²) in [6, 6.07) is 13.9. The van der Waals surface area contributed by atoms with E-state index in [1.807, 2.05) is 37.3 Å². The Kier molecular flexibility index (Phi) is 5.43. The summed E-state index contributed by atoms with van der Waals surface area (Å²) >= 11 is 0. The van der Waals surface area contributed by atoms with Gasteiger partial charge in [-0.25, -0.2) is 9.78 Å². The summed E-state index contributed by atoms with van der Waals surface area (Å²) in [6.45, 7) is 5.80. The van der Waals surface area contributed by atoms with E-state index in [0.29, 0.717) is 12.4 Å². The van der Waals surface area contributed by atoms with Gasteiger partial charge in [-0.2, -0.15) is 0 Å². The van der Waals surface area contributed by atoms with Crippen molar-refractivity contribution >= 4 is 17.1 Å². The molecule has 1 aliphatic carbocycles. The van der Waals surface area contributed by atoms with E-state index >= 15 is 0 Å². The number of nitrogens with zero attached hydrogens (tertiary/aromatic N) is 2. The Morgan fingerprint density at radius 2 is 1.93 bits per heavy atom. The fraction of sp³-hybridized carbons (Fsp3) is 0.391. The first-order valence-corrected chi connectivity index (χ1v) is 10.2. The summed E-state index contributed by atoms with van der Waals surface area (Å²) in [6.07, 6.45) is 2.06. The van der Waals surface area contributed by atoms with Crippen molar-refractivity contribution in [3.63, 3.8) is 0 Å². The monoisotopic (exact) mass is 393 g/mol. The Morgan fingerprint density at radius 3 is 2.59 bits per heavy atom. The van der Waals surface area contributed by atoms with Crippen LogP contribution in [0.1, 0.15) is 44.0 Å². The van der Waals surface area contributed by atoms with E-state index in [4.69, 9.17) is 14.5 Å². The predicted molar refractivity (Wildman–Crippen MR) is 113 cm³/mol. The average molecular weight is 393 g/mol. The highest BCUT2D eigenvalue weighted by Crippen LogP contribution is 2.36. The quantitative estimate of drug-likeness (QED) is 0.631. The van der Waals surface area contributed by atoms with Gasteiger partial charge < -0.3 is 19.4 Å². The molecule has 1 N–H and O–H groups in total. The maximum Gasteiger partial charge on any atom is 0.412 e. The molecule has 1 unspecified atom stereocenters. The first kappa shape index (κ1) is 19.3. The SMILES string of the molecule is CCOc1ccc(C(C)c2nc3cc(OC(=O)NC)ccc3n2CC2CC2)cc1. The van der Waals surface area contributed by atoms with Crippen LogP contribution >= 0.6 is 0 Å². The highest BCUT2D eigenvalue weighted by atomic mass is 16.5. The van der Waals surface area contributed by atoms with Gasteiger partial charge in [0.05, 0.1) is 17.6 Å². The third-order valence-corrected chi connectivity index (χ3v) is 5.38. The second-order valence-corrected chi connectivity index (χ2v) is 7.54. The van der Waals surface area contributed by atoms with E-state index < -0.39 is 6.09 Å². The van der Waals surface area contributed by atoms with Crippen LogP contribution in [0.4, 0.5) is 4.79 Å². The number of amides is 1. The molecular weight excluding hydrogens is 366 g/mol. The van der Waals surface area contributed by atoms with Gasteiger partial charge >= 0.3 is 6.09 Å². The van der Waals surface area contributed by atoms with E-state index in [0.717, 1.165) is 35.1 Å². The Hall–Kier alpha value is -3.02. The molecule has 0 bridgehead atoms. The van der Waals surface area contributed by atoms with E-state index in [1.165, 1.54) is 18.4 Å². The maximum absolute atomic E-state index is 11.5. The number of hydrogen-bond donors (Lipinski definition) is 1. The fourth-order valence-electron chi connectivity index (χ4n) is 3.60. The summed E-state index contributed by atoms with van der Waals surface area (Å²) in [5.41, 5.74) is 3.12. The topological polar surface area (TPSA) is 65.4 Å². The minimum atomic E-state index is -0.482. The Bertz CT molecular complexity index is 1010. The van der Waals surface area contributed by atoms with Gasteiger partial charge in [-0.05, 0) is 55.5 Å². The molecule has 0 radical (unpaired) electrons. The standard InChI is InChI=1S/C23H27N3O3/c1-4-28-18-9-7-17(8-10-18)15(2)22-25-20-13-19(29-23(27)24-3)11-12-21(20)26(22)14-16-5-6-16/h7-13,15-16H,4-6,14H2,1-3H3,(H,24,27). The molecule has 1 aromatic heterocycles. The average Bonchev–Trinajstić information content (AvgIpc) is 3.48. The van der Waals surface area contributed by atoms with Gasteiger partial charge in [0.15, 0.2) is 0 Å². The lowest BCUT2D eigenvalue weighted by Crippen LogP contribution is -2.21. The zero-order chi connectivity index (χ0) is 20.4. The van der Waals surface area contributed by atoms with Crippen molar-refractivity contribution in [2.75, 3.05) is 13.7 Å². The lowest BCUT2D eigenvalue weighted by molar-refractivity contribution is 0.203. The summed E-state index contributed by atoms with van der Waals surface area (Å²) in [5, 5.41) is 2.47. The predicted octanol–water partition coefficient (Wildman–Crippen LogP) is 4.72. The third-order valence-electron chi connectivity index (χ3n) is 5.38. The van der Waals surface area contributed by atoms with Gasteiger partial charge in [-0.15, -0.1) is 0 Å². The molecule has 1 saturated carbocycles. The van der Waals surface area contributed by atoms with Gasteiger partial charge in [0.25, 0.3) is 0 Å². The minimum Gasteiger partial charge on any atom is -0.494 e. The molecular formula is C23H27N3O3. The van der Waals surface area contributed by atoms with Crippen molar-refractivity contribution in [1.82, 2.24) is 14.9 Å². The zero-order valence-electron chi connectivity index (χ0n) is 17.1. The second kappa shape index (κ2) is 8.15. The van der Waals surface area contributed by atoms with Gasteiger partial charge in [0.1, 0.15) is 17.3 Å². The molecule has 0 spiro atoms. The molecule has 4 rings (SSSR count). The maximum atomic E-state index is 11.5. The van der Waals surface area contributed by atoms with Crippen LogP contribution in [0.5, 0.6) is 11.5 Å². The molecule has 0 saturated heterocycles. The molecule has 6 heteroatoms. The highest BCUT2D eigenvalue weighted by Gasteiger charge is 2.26. The van der Waals surface area contributed by atoms with Gasteiger partial charge in [-0.3, -0.25) is 0 Å². The van der Waals surface area contributed by atoms with Gasteiger partial charge in [0.2, 0.25) is 0 Å². The zero-order valence-corrected chi connectivity index (χ0v) is 17.1. The normalized spacial score (nSPS) is 14.6. The molecule has 29 heavy (non-hydrogen) atoms. The van der Waals surface area contributed by atoms with Crippen LogP contribution in [0.25, 0.3) is 11.0 Å². The Morgan fingerprint density at radius 1 is 1.21 bits per heavy atom. The molecule has 6 nitrogen and oxygen atoms in total. The fourth-order valence-corrected chi connectivity index (χ4v) is 3.60. The van der Waals surface area contributed by atoms with Crippen LogP contribution in [0.3, 0.4) is 0 Å². The van der Waals surface area contributed by atoms with Crippen molar-refractivity contribution in [1.29, 1.82) is 0 Å². The number of hydrogen-bond acceptors (Lipinski definition) is 4. The smallest absolute Gasteiger partial charge is 0.412 e. The second-order valence-electron chi connectivity index (χ2n) is 7.54. The lowest BCUT2D eigenvalue weighted by atomic mass is 10.00. The number of imidazole rings is 1. The van der Waals surface area contributed by atoms with Crippen LogP contribution in [0, 0.1) is 5.92 Å². The van der Waals surface area contributed by atoms with Crippen LogP contribution in [-0.2, 0) is 6.54 Å². The van der Waals surface area contributed by atoms with Gasteiger partial charge in [0, 0.05) is 25.6 Å². The first-order chi connectivity index (χ1) is 14.1. The number of carbonyl (C=O) groups is 1. The van der Waals surface area contributed by atoms with E-state index in [9.17, 15) is 4.79 Å². The van der Waals surface area contributed by atoms with Crippen molar-refractivity contribution < 1.29 is 14.3 Å². The minimum absolute atomic E-state index is 0.139. The molecule has 1 heterocycles. The van der Waals surface area contributed by atoms with Crippen LogP contribution < -0.4 is 14.8 Å². The summed E-state index contributed by atoms with van der Waals surface area (Å²) in [5.74, 6) is 3.27. The van der Waals surface area contributed by atoms with Crippen LogP contribution in [0.2, 0.25) is 0 Å². The summed E-state index contributed by atoms with van der Waals surface area (Å²) in [7, 11) is 1.54. The van der Waals surface area contributed by atoms with Crippen molar-refractivity contribution in [3.05, 3.63) is 53.9 Å². The molecule has 2 aromatic carbocycles. The van der Waals surface area contributed by atoms with Crippen LogP contribution in [0.15, 0.2) is 42.5 Å². The number of carbonyl (C=O) groups excluding carboxylic acids is 1. The Labute approximate surface area is 170 Å². The van der Waals surface area contributed by atoms with E-state index in [1.54, 1.807) is 7.05 Å². The molecule has 1 fully saturated rings. The third kappa shape index (κ3) is 4.21. The van der Waals surface area contributed by atoms with Gasteiger partial charge in [-0.1, -0.05) is 19.1 Å². The number of aromatic nitrogens is 2. The van der Waals surface area contributed by atoms with E-state index in [-0.39, 0.29) is 5.92 Å². The number of ether oxygens (including phenoxy) is 2. The van der Waals surface area contributed by atoms with Crippen molar-refractivity contribution in [3.8, 4) is 11.5 Å². The lowest BCUT2D eigenvalue weighted by Gasteiger charge is -2.15.